The van der Waals surface area contributed by atoms with Crippen molar-refractivity contribution in [2.45, 2.75) is 13.3 Å². The number of hydrogen-bond donors (Lipinski definition) is 0. The van der Waals surface area contributed by atoms with Gasteiger partial charge in [0.05, 0.1) is 0 Å². The largest absolute Gasteiger partial charge is 0.113 e. The molecule has 0 amide bonds. The van der Waals surface area contributed by atoms with Crippen molar-refractivity contribution in [2.75, 3.05) is 0 Å². The van der Waals surface area contributed by atoms with Crippen LogP contribution in [0.15, 0.2) is 30.3 Å². The van der Waals surface area contributed by atoms with Crippen LogP contribution < -0.4 is 5.46 Å². The SMILES string of the molecule is [B]c1ccc(/C=C\CC)cc1. The van der Waals surface area contributed by atoms with Gasteiger partial charge in [0.25, 0.3) is 0 Å². The molecule has 0 saturated carbocycles. The van der Waals surface area contributed by atoms with E-state index in [-0.39, 0.29) is 0 Å². The Hall–Kier alpha value is -0.975. The van der Waals surface area contributed by atoms with Gasteiger partial charge in [0.1, 0.15) is 7.85 Å². The fraction of sp³-hybridized carbons (Fsp3) is 0.200. The van der Waals surface area contributed by atoms with Crippen LogP contribution in [0.2, 0.25) is 0 Å². The Morgan fingerprint density at radius 3 is 2.45 bits per heavy atom. The Kier molecular flexibility index (Phi) is 2.97. The Bertz CT molecular complexity index is 234. The first-order chi connectivity index (χ1) is 5.33. The van der Waals surface area contributed by atoms with E-state index in [9.17, 15) is 0 Å². The molecule has 54 valence electrons. The topological polar surface area (TPSA) is 0 Å². The summed E-state index contributed by atoms with van der Waals surface area (Å²) >= 11 is 0. The standard InChI is InChI=1S/C10H11B/c1-2-3-4-9-5-7-10(11)8-6-9/h3-8H,2H2,1H3/b4-3-. The molecule has 1 aromatic rings. The normalized spacial score (nSPS) is 10.6. The lowest BCUT2D eigenvalue weighted by Gasteiger charge is -1.93. The average Bonchev–Trinajstić information content (AvgIpc) is 2.04. The molecule has 1 aromatic carbocycles. The first-order valence-corrected chi connectivity index (χ1v) is 3.85. The lowest BCUT2D eigenvalue weighted by Crippen LogP contribution is -1.98. The second-order valence-electron chi connectivity index (χ2n) is 2.48. The smallest absolute Gasteiger partial charge is 0.0966 e. The second-order valence-corrected chi connectivity index (χ2v) is 2.48. The zero-order valence-electron chi connectivity index (χ0n) is 6.75. The molecule has 0 N–H and O–H groups in total. The van der Waals surface area contributed by atoms with Crippen LogP contribution in [0.3, 0.4) is 0 Å². The molecule has 1 heteroatoms. The number of benzene rings is 1. The van der Waals surface area contributed by atoms with Crippen LogP contribution in [0.1, 0.15) is 18.9 Å². The maximum atomic E-state index is 5.53. The maximum absolute atomic E-state index is 5.53. The molecule has 0 spiro atoms. The van der Waals surface area contributed by atoms with Gasteiger partial charge in [-0.2, -0.15) is 0 Å². The van der Waals surface area contributed by atoms with Crippen LogP contribution in [0, 0.1) is 0 Å². The quantitative estimate of drug-likeness (QED) is 0.553. The van der Waals surface area contributed by atoms with Crippen molar-refractivity contribution in [1.29, 1.82) is 0 Å². The zero-order valence-corrected chi connectivity index (χ0v) is 6.75. The molecule has 11 heavy (non-hydrogen) atoms. The Balaban J connectivity index is 2.73. The van der Waals surface area contributed by atoms with Gasteiger partial charge in [0, 0.05) is 0 Å². The summed E-state index contributed by atoms with van der Waals surface area (Å²) in [5.41, 5.74) is 2.03. The van der Waals surface area contributed by atoms with Crippen molar-refractivity contribution in [2.24, 2.45) is 0 Å². The predicted octanol–water partition coefficient (Wildman–Crippen LogP) is 1.90. The number of allylic oxidation sites excluding steroid dienone is 1. The van der Waals surface area contributed by atoms with E-state index in [1.54, 1.807) is 0 Å². The van der Waals surface area contributed by atoms with E-state index in [0.29, 0.717) is 0 Å². The Morgan fingerprint density at radius 2 is 1.91 bits per heavy atom. The minimum atomic E-state index is 0.818. The molecule has 0 bridgehead atoms. The molecular formula is C10H11B. The van der Waals surface area contributed by atoms with Crippen molar-refractivity contribution in [1.82, 2.24) is 0 Å². The summed E-state index contributed by atoms with van der Waals surface area (Å²) in [6.45, 7) is 2.12. The molecule has 0 aromatic heterocycles. The Labute approximate surface area is 69.4 Å². The van der Waals surface area contributed by atoms with E-state index in [4.69, 9.17) is 7.85 Å². The van der Waals surface area contributed by atoms with Gasteiger partial charge in [-0.05, 0) is 12.0 Å². The van der Waals surface area contributed by atoms with Crippen molar-refractivity contribution < 1.29 is 0 Å². The summed E-state index contributed by atoms with van der Waals surface area (Å²) < 4.78 is 0. The van der Waals surface area contributed by atoms with Crippen molar-refractivity contribution in [3.63, 3.8) is 0 Å². The van der Waals surface area contributed by atoms with Crippen molar-refractivity contribution in [3.8, 4) is 0 Å². The molecule has 0 aliphatic rings. The average molecular weight is 142 g/mol. The van der Waals surface area contributed by atoms with Gasteiger partial charge in [0.2, 0.25) is 0 Å². The summed E-state index contributed by atoms with van der Waals surface area (Å²) in [5.74, 6) is 0. The Morgan fingerprint density at radius 1 is 1.27 bits per heavy atom. The highest BCUT2D eigenvalue weighted by Crippen LogP contribution is 1.99. The van der Waals surface area contributed by atoms with Crippen LogP contribution in [0.4, 0.5) is 0 Å². The van der Waals surface area contributed by atoms with Gasteiger partial charge >= 0.3 is 0 Å². The maximum Gasteiger partial charge on any atom is 0.113 e. The lowest BCUT2D eigenvalue weighted by molar-refractivity contribution is 1.23. The van der Waals surface area contributed by atoms with Crippen LogP contribution in [0.25, 0.3) is 6.08 Å². The first kappa shape index (κ1) is 8.12. The van der Waals surface area contributed by atoms with Crippen molar-refractivity contribution >= 4 is 19.4 Å². The summed E-state index contributed by atoms with van der Waals surface area (Å²) in [6, 6.07) is 7.85. The molecule has 2 radical (unpaired) electrons. The van der Waals surface area contributed by atoms with Gasteiger partial charge in [0.15, 0.2) is 0 Å². The fourth-order valence-electron chi connectivity index (χ4n) is 0.861. The minimum Gasteiger partial charge on any atom is -0.0966 e. The zero-order chi connectivity index (χ0) is 8.10. The van der Waals surface area contributed by atoms with E-state index in [2.05, 4.69) is 19.1 Å². The summed E-state index contributed by atoms with van der Waals surface area (Å²) in [7, 11) is 5.53. The van der Waals surface area contributed by atoms with Gasteiger partial charge in [-0.15, -0.1) is 0 Å². The summed E-state index contributed by atoms with van der Waals surface area (Å²) in [6.07, 6.45) is 5.30. The molecule has 0 aliphatic heterocycles. The van der Waals surface area contributed by atoms with Crippen LogP contribution >= 0.6 is 0 Å². The van der Waals surface area contributed by atoms with E-state index in [0.717, 1.165) is 11.9 Å². The monoisotopic (exact) mass is 142 g/mol. The molecule has 0 unspecified atom stereocenters. The van der Waals surface area contributed by atoms with Gasteiger partial charge in [-0.1, -0.05) is 48.8 Å². The molecule has 0 heterocycles. The molecule has 0 fully saturated rings. The van der Waals surface area contributed by atoms with Crippen LogP contribution in [-0.2, 0) is 0 Å². The van der Waals surface area contributed by atoms with E-state index >= 15 is 0 Å². The highest BCUT2D eigenvalue weighted by Gasteiger charge is 1.83. The molecule has 1 rings (SSSR count). The second kappa shape index (κ2) is 4.02. The molecule has 0 aliphatic carbocycles. The first-order valence-electron chi connectivity index (χ1n) is 3.85. The minimum absolute atomic E-state index is 0.818. The molecule has 0 atom stereocenters. The van der Waals surface area contributed by atoms with E-state index < -0.39 is 0 Å². The highest BCUT2D eigenvalue weighted by molar-refractivity contribution is 6.32. The summed E-state index contributed by atoms with van der Waals surface area (Å²) in [5, 5.41) is 0. The fourth-order valence-corrected chi connectivity index (χ4v) is 0.861. The van der Waals surface area contributed by atoms with Crippen LogP contribution in [-0.4, -0.2) is 7.85 Å². The summed E-state index contributed by atoms with van der Waals surface area (Å²) in [4.78, 5) is 0. The van der Waals surface area contributed by atoms with Gasteiger partial charge < -0.3 is 0 Å². The van der Waals surface area contributed by atoms with E-state index in [1.807, 2.05) is 24.3 Å². The molecule has 0 nitrogen and oxygen atoms in total. The number of rotatable bonds is 2. The lowest BCUT2D eigenvalue weighted by atomic mass is 9.95. The number of hydrogen-bond acceptors (Lipinski definition) is 0. The van der Waals surface area contributed by atoms with E-state index in [1.165, 1.54) is 5.56 Å². The van der Waals surface area contributed by atoms with Gasteiger partial charge in [-0.25, -0.2) is 0 Å². The third kappa shape index (κ3) is 2.63. The van der Waals surface area contributed by atoms with Gasteiger partial charge in [-0.3, -0.25) is 0 Å². The third-order valence-corrected chi connectivity index (χ3v) is 1.48. The molecular weight excluding hydrogens is 131 g/mol. The van der Waals surface area contributed by atoms with Crippen LogP contribution in [0.5, 0.6) is 0 Å². The molecule has 0 saturated heterocycles. The third-order valence-electron chi connectivity index (χ3n) is 1.48. The van der Waals surface area contributed by atoms with Crippen molar-refractivity contribution in [3.05, 3.63) is 35.9 Å². The predicted molar refractivity (Wildman–Crippen MR) is 51.2 cm³/mol. The highest BCUT2D eigenvalue weighted by atomic mass is 13.9.